The normalized spacial score (nSPS) is 20.9. The van der Waals surface area contributed by atoms with Gasteiger partial charge in [0.05, 0.1) is 6.10 Å². The molecule has 4 heteroatoms. The highest BCUT2D eigenvalue weighted by molar-refractivity contribution is 5.75. The lowest BCUT2D eigenvalue weighted by atomic mass is 10.00. The Morgan fingerprint density at radius 2 is 2.33 bits per heavy atom. The molecule has 1 amide bonds. The minimum atomic E-state index is 0.115. The minimum absolute atomic E-state index is 0.115. The van der Waals surface area contributed by atoms with Gasteiger partial charge in [0.25, 0.3) is 0 Å². The summed E-state index contributed by atoms with van der Waals surface area (Å²) in [7, 11) is 0. The number of hydrogen-bond donors (Lipinski definition) is 2. The summed E-state index contributed by atoms with van der Waals surface area (Å²) in [5.74, 6) is 0.524. The maximum absolute atomic E-state index is 11.7. The third-order valence-electron chi connectivity index (χ3n) is 3.54. The first kappa shape index (κ1) is 15.4. The second-order valence-corrected chi connectivity index (χ2v) is 5.14. The lowest BCUT2D eigenvalue weighted by molar-refractivity contribution is -0.121. The van der Waals surface area contributed by atoms with E-state index in [1.165, 1.54) is 0 Å². The Morgan fingerprint density at radius 1 is 1.50 bits per heavy atom. The molecule has 0 radical (unpaired) electrons. The van der Waals surface area contributed by atoms with Crippen LogP contribution in [0.2, 0.25) is 0 Å². The molecule has 1 aliphatic rings. The van der Waals surface area contributed by atoms with Crippen molar-refractivity contribution in [1.82, 2.24) is 5.32 Å². The van der Waals surface area contributed by atoms with Gasteiger partial charge in [-0.1, -0.05) is 13.3 Å². The van der Waals surface area contributed by atoms with Crippen LogP contribution in [0.25, 0.3) is 0 Å². The van der Waals surface area contributed by atoms with Gasteiger partial charge in [0.2, 0.25) is 5.91 Å². The third-order valence-corrected chi connectivity index (χ3v) is 3.54. The molecule has 1 fully saturated rings. The van der Waals surface area contributed by atoms with Crippen molar-refractivity contribution in [2.45, 2.75) is 58.0 Å². The molecule has 0 spiro atoms. The van der Waals surface area contributed by atoms with Gasteiger partial charge < -0.3 is 15.2 Å². The van der Waals surface area contributed by atoms with Crippen molar-refractivity contribution in [2.75, 3.05) is 19.8 Å². The molecule has 18 heavy (non-hydrogen) atoms. The highest BCUT2D eigenvalue weighted by Gasteiger charge is 2.17. The summed E-state index contributed by atoms with van der Waals surface area (Å²) in [6, 6.07) is 0. The summed E-state index contributed by atoms with van der Waals surface area (Å²) in [5, 5.41) is 11.9. The minimum Gasteiger partial charge on any atom is -0.396 e. The number of rotatable bonds is 9. The van der Waals surface area contributed by atoms with Crippen LogP contribution >= 0.6 is 0 Å². The van der Waals surface area contributed by atoms with Gasteiger partial charge in [0, 0.05) is 26.2 Å². The summed E-state index contributed by atoms with van der Waals surface area (Å²) in [6.45, 7) is 3.88. The van der Waals surface area contributed by atoms with Gasteiger partial charge >= 0.3 is 0 Å². The van der Waals surface area contributed by atoms with Gasteiger partial charge in [-0.25, -0.2) is 0 Å². The van der Waals surface area contributed by atoms with E-state index in [1.54, 1.807) is 0 Å². The molecule has 106 valence electrons. The first-order valence-electron chi connectivity index (χ1n) is 7.25. The molecule has 0 aromatic carbocycles. The monoisotopic (exact) mass is 257 g/mol. The van der Waals surface area contributed by atoms with Crippen LogP contribution in [0.3, 0.4) is 0 Å². The Labute approximate surface area is 110 Å². The second kappa shape index (κ2) is 9.34. The molecule has 0 aromatic rings. The smallest absolute Gasteiger partial charge is 0.220 e. The van der Waals surface area contributed by atoms with E-state index in [9.17, 15) is 4.79 Å². The standard InChI is InChI=1S/C14H27NO3/c1-2-4-12(8-9-16)11-15-14(17)7-6-13-5-3-10-18-13/h12-13,16H,2-11H2,1H3,(H,15,17). The van der Waals surface area contributed by atoms with Gasteiger partial charge in [-0.3, -0.25) is 4.79 Å². The van der Waals surface area contributed by atoms with E-state index < -0.39 is 0 Å². The number of nitrogens with one attached hydrogen (secondary N) is 1. The molecule has 0 bridgehead atoms. The molecule has 1 heterocycles. The molecule has 0 aliphatic carbocycles. The summed E-state index contributed by atoms with van der Waals surface area (Å²) in [6.07, 6.45) is 6.84. The molecular weight excluding hydrogens is 230 g/mol. The van der Waals surface area contributed by atoms with E-state index >= 15 is 0 Å². The summed E-state index contributed by atoms with van der Waals surface area (Å²) in [4.78, 5) is 11.7. The lowest BCUT2D eigenvalue weighted by Gasteiger charge is -2.16. The number of aliphatic hydroxyl groups is 1. The quantitative estimate of drug-likeness (QED) is 0.663. The highest BCUT2D eigenvalue weighted by Crippen LogP contribution is 2.16. The van der Waals surface area contributed by atoms with Crippen LogP contribution in [-0.2, 0) is 9.53 Å². The lowest BCUT2D eigenvalue weighted by Crippen LogP contribution is -2.30. The average Bonchev–Trinajstić information content (AvgIpc) is 2.87. The maximum Gasteiger partial charge on any atom is 0.220 e. The van der Waals surface area contributed by atoms with Crippen LogP contribution in [0.15, 0.2) is 0 Å². The van der Waals surface area contributed by atoms with E-state index in [1.807, 2.05) is 0 Å². The number of aliphatic hydroxyl groups excluding tert-OH is 1. The number of amides is 1. The largest absolute Gasteiger partial charge is 0.396 e. The van der Waals surface area contributed by atoms with Crippen LogP contribution < -0.4 is 5.32 Å². The molecule has 2 unspecified atom stereocenters. The third kappa shape index (κ3) is 6.36. The molecule has 0 saturated carbocycles. The summed E-state index contributed by atoms with van der Waals surface area (Å²) >= 11 is 0. The second-order valence-electron chi connectivity index (χ2n) is 5.14. The molecule has 1 rings (SSSR count). The topological polar surface area (TPSA) is 58.6 Å². The Morgan fingerprint density at radius 3 is 2.94 bits per heavy atom. The molecular formula is C14H27NO3. The predicted octanol–water partition coefficient (Wildman–Crippen LogP) is 1.86. The highest BCUT2D eigenvalue weighted by atomic mass is 16.5. The van der Waals surface area contributed by atoms with E-state index in [4.69, 9.17) is 9.84 Å². The summed E-state index contributed by atoms with van der Waals surface area (Å²) < 4.78 is 5.49. The fourth-order valence-corrected chi connectivity index (χ4v) is 2.45. The Hall–Kier alpha value is -0.610. The van der Waals surface area contributed by atoms with Crippen molar-refractivity contribution in [3.05, 3.63) is 0 Å². The zero-order valence-electron chi connectivity index (χ0n) is 11.5. The SMILES string of the molecule is CCCC(CCO)CNC(=O)CCC1CCCO1. The van der Waals surface area contributed by atoms with Crippen LogP contribution in [0.1, 0.15) is 51.9 Å². The van der Waals surface area contributed by atoms with Gasteiger partial charge in [0.1, 0.15) is 0 Å². The Kier molecular flexibility index (Phi) is 8.01. The van der Waals surface area contributed by atoms with Crippen LogP contribution in [0.4, 0.5) is 0 Å². The molecule has 1 aliphatic heterocycles. The molecule has 2 atom stereocenters. The van der Waals surface area contributed by atoms with Crippen molar-refractivity contribution >= 4 is 5.91 Å². The zero-order valence-corrected chi connectivity index (χ0v) is 11.5. The predicted molar refractivity (Wildman–Crippen MR) is 71.3 cm³/mol. The first-order valence-corrected chi connectivity index (χ1v) is 7.25. The molecule has 0 aromatic heterocycles. The molecule has 2 N–H and O–H groups in total. The fraction of sp³-hybridized carbons (Fsp3) is 0.929. The van der Waals surface area contributed by atoms with Crippen LogP contribution in [0.5, 0.6) is 0 Å². The van der Waals surface area contributed by atoms with Crippen molar-refractivity contribution in [1.29, 1.82) is 0 Å². The number of carbonyl (C=O) groups is 1. The average molecular weight is 257 g/mol. The van der Waals surface area contributed by atoms with E-state index in [-0.39, 0.29) is 12.5 Å². The van der Waals surface area contributed by atoms with Gasteiger partial charge in [-0.05, 0) is 38.0 Å². The fourth-order valence-electron chi connectivity index (χ4n) is 2.45. The van der Waals surface area contributed by atoms with Crippen molar-refractivity contribution in [3.8, 4) is 0 Å². The Bertz CT molecular complexity index is 221. The number of carbonyl (C=O) groups excluding carboxylic acids is 1. The zero-order chi connectivity index (χ0) is 13.2. The molecule has 1 saturated heterocycles. The van der Waals surface area contributed by atoms with E-state index in [0.29, 0.717) is 25.0 Å². The van der Waals surface area contributed by atoms with E-state index in [2.05, 4.69) is 12.2 Å². The van der Waals surface area contributed by atoms with Crippen LogP contribution in [-0.4, -0.2) is 36.9 Å². The number of hydrogen-bond acceptors (Lipinski definition) is 3. The Balaban J connectivity index is 2.10. The van der Waals surface area contributed by atoms with Gasteiger partial charge in [-0.2, -0.15) is 0 Å². The van der Waals surface area contributed by atoms with Crippen molar-refractivity contribution < 1.29 is 14.6 Å². The molecule has 4 nitrogen and oxygen atoms in total. The number of ether oxygens (including phenoxy) is 1. The first-order chi connectivity index (χ1) is 8.76. The van der Waals surface area contributed by atoms with Crippen LogP contribution in [0, 0.1) is 5.92 Å². The van der Waals surface area contributed by atoms with Gasteiger partial charge in [-0.15, -0.1) is 0 Å². The maximum atomic E-state index is 11.7. The van der Waals surface area contributed by atoms with Crippen molar-refractivity contribution in [3.63, 3.8) is 0 Å². The van der Waals surface area contributed by atoms with E-state index in [0.717, 1.165) is 45.1 Å². The van der Waals surface area contributed by atoms with Crippen molar-refractivity contribution in [2.24, 2.45) is 5.92 Å². The van der Waals surface area contributed by atoms with Gasteiger partial charge in [0.15, 0.2) is 0 Å². The summed E-state index contributed by atoms with van der Waals surface area (Å²) in [5.41, 5.74) is 0.